The molecule has 1 N–H and O–H groups in total. The number of amides is 1. The molecule has 2 aromatic carbocycles. The van der Waals surface area contributed by atoms with Crippen LogP contribution >= 0.6 is 22.9 Å². The van der Waals surface area contributed by atoms with Gasteiger partial charge in [-0.3, -0.25) is 9.59 Å². The lowest BCUT2D eigenvalue weighted by molar-refractivity contribution is -0.143. The Hall–Kier alpha value is -2.70. The van der Waals surface area contributed by atoms with Gasteiger partial charge in [-0.15, -0.1) is 11.3 Å². The summed E-state index contributed by atoms with van der Waals surface area (Å²) < 4.78 is 5.09. The van der Waals surface area contributed by atoms with Crippen molar-refractivity contribution in [3.63, 3.8) is 0 Å². The molecular formula is C24H25ClN2O3S. The van der Waals surface area contributed by atoms with Gasteiger partial charge in [0.15, 0.2) is 0 Å². The average molecular weight is 457 g/mol. The second-order valence-corrected chi connectivity index (χ2v) is 8.61. The van der Waals surface area contributed by atoms with Crippen LogP contribution in [0.1, 0.15) is 40.5 Å². The Morgan fingerprint density at radius 3 is 2.55 bits per heavy atom. The lowest BCUT2D eigenvalue weighted by Gasteiger charge is -2.18. The zero-order valence-electron chi connectivity index (χ0n) is 17.6. The Balaban J connectivity index is 1.72. The van der Waals surface area contributed by atoms with E-state index in [0.29, 0.717) is 22.9 Å². The molecule has 3 rings (SSSR count). The van der Waals surface area contributed by atoms with Gasteiger partial charge in [0.25, 0.3) is 5.91 Å². The van der Waals surface area contributed by atoms with Crippen LogP contribution in [0.4, 0.5) is 0 Å². The molecule has 0 aliphatic rings. The minimum atomic E-state index is -0.379. The first kappa shape index (κ1) is 23.0. The molecule has 1 atom stereocenters. The van der Waals surface area contributed by atoms with Crippen LogP contribution in [0, 0.1) is 0 Å². The van der Waals surface area contributed by atoms with Crippen LogP contribution in [0.25, 0.3) is 11.1 Å². The van der Waals surface area contributed by atoms with Crippen molar-refractivity contribution in [1.29, 1.82) is 0 Å². The summed E-state index contributed by atoms with van der Waals surface area (Å²) in [5.74, 6) is -0.552. The smallest absolute Gasteiger partial charge is 0.307 e. The van der Waals surface area contributed by atoms with Gasteiger partial charge in [0, 0.05) is 11.1 Å². The summed E-state index contributed by atoms with van der Waals surface area (Å²) in [6.45, 7) is 4.07. The Kier molecular flexibility index (Phi) is 8.20. The van der Waals surface area contributed by atoms with Crippen molar-refractivity contribution < 1.29 is 14.3 Å². The first-order valence-corrected chi connectivity index (χ1v) is 11.4. The molecule has 0 fully saturated rings. The lowest BCUT2D eigenvalue weighted by Crippen LogP contribution is -2.38. The standard InChI is InChI=1S/C24H25ClN2O3S/c1-3-22-26-15-21(31-22)24(29)27-20(14-23(28)30-4-2)12-16-8-10-17(11-9-16)18-6-5-7-19(25)13-18/h5-11,13,15,20H,3-4,12,14H2,1-2H3,(H,27,29)/t20-/m1/s1. The number of carbonyl (C=O) groups excluding carboxylic acids is 2. The average Bonchev–Trinajstić information content (AvgIpc) is 3.24. The second-order valence-electron chi connectivity index (χ2n) is 7.06. The maximum atomic E-state index is 12.7. The van der Waals surface area contributed by atoms with Gasteiger partial charge < -0.3 is 10.1 Å². The number of ether oxygens (including phenoxy) is 1. The van der Waals surface area contributed by atoms with Crippen molar-refractivity contribution >= 4 is 34.8 Å². The van der Waals surface area contributed by atoms with E-state index in [9.17, 15) is 9.59 Å². The van der Waals surface area contributed by atoms with Gasteiger partial charge in [-0.25, -0.2) is 4.98 Å². The normalized spacial score (nSPS) is 11.7. The number of esters is 1. The third kappa shape index (κ3) is 6.64. The number of aromatic nitrogens is 1. The third-order valence-corrected chi connectivity index (χ3v) is 6.10. The van der Waals surface area contributed by atoms with Gasteiger partial charge in [-0.2, -0.15) is 0 Å². The minimum Gasteiger partial charge on any atom is -0.466 e. The Labute approximate surface area is 191 Å². The molecule has 0 saturated carbocycles. The quantitative estimate of drug-likeness (QED) is 0.442. The molecule has 1 heterocycles. The van der Waals surface area contributed by atoms with Crippen LogP contribution < -0.4 is 5.32 Å². The van der Waals surface area contributed by atoms with E-state index in [-0.39, 0.29) is 24.3 Å². The molecule has 0 bridgehead atoms. The van der Waals surface area contributed by atoms with Crippen molar-refractivity contribution in [3.05, 3.63) is 75.2 Å². The largest absolute Gasteiger partial charge is 0.466 e. The molecule has 1 amide bonds. The Morgan fingerprint density at radius 2 is 1.90 bits per heavy atom. The maximum Gasteiger partial charge on any atom is 0.307 e. The summed E-state index contributed by atoms with van der Waals surface area (Å²) in [6.07, 6.45) is 2.98. The van der Waals surface area contributed by atoms with E-state index in [1.54, 1.807) is 13.1 Å². The summed E-state index contributed by atoms with van der Waals surface area (Å²) in [4.78, 5) is 29.5. The van der Waals surface area contributed by atoms with E-state index in [2.05, 4.69) is 10.3 Å². The number of hydrogen-bond donors (Lipinski definition) is 1. The number of nitrogens with one attached hydrogen (secondary N) is 1. The zero-order chi connectivity index (χ0) is 22.2. The van der Waals surface area contributed by atoms with E-state index in [0.717, 1.165) is 28.1 Å². The topological polar surface area (TPSA) is 68.3 Å². The molecule has 1 aromatic heterocycles. The maximum absolute atomic E-state index is 12.7. The summed E-state index contributed by atoms with van der Waals surface area (Å²) in [6, 6.07) is 15.3. The van der Waals surface area contributed by atoms with Gasteiger partial charge in [-0.1, -0.05) is 54.9 Å². The SMILES string of the molecule is CCOC(=O)C[C@@H](Cc1ccc(-c2cccc(Cl)c2)cc1)NC(=O)c1cnc(CC)s1. The van der Waals surface area contributed by atoms with E-state index in [4.69, 9.17) is 16.3 Å². The van der Waals surface area contributed by atoms with Gasteiger partial charge in [-0.05, 0) is 48.6 Å². The van der Waals surface area contributed by atoms with E-state index in [1.807, 2.05) is 55.5 Å². The van der Waals surface area contributed by atoms with Crippen LogP contribution in [0.2, 0.25) is 5.02 Å². The highest BCUT2D eigenvalue weighted by atomic mass is 35.5. The number of carbonyl (C=O) groups is 2. The molecule has 31 heavy (non-hydrogen) atoms. The van der Waals surface area contributed by atoms with E-state index >= 15 is 0 Å². The van der Waals surface area contributed by atoms with Crippen molar-refractivity contribution in [1.82, 2.24) is 10.3 Å². The Bertz CT molecular complexity index is 1030. The van der Waals surface area contributed by atoms with Gasteiger partial charge in [0.2, 0.25) is 0 Å². The van der Waals surface area contributed by atoms with Gasteiger partial charge in [0.1, 0.15) is 4.88 Å². The number of rotatable bonds is 9. The van der Waals surface area contributed by atoms with Crippen LogP contribution in [-0.2, 0) is 22.4 Å². The summed E-state index contributed by atoms with van der Waals surface area (Å²) in [5, 5.41) is 4.57. The minimum absolute atomic E-state index is 0.106. The van der Waals surface area contributed by atoms with Crippen LogP contribution in [0.15, 0.2) is 54.7 Å². The van der Waals surface area contributed by atoms with Crippen LogP contribution in [-0.4, -0.2) is 29.5 Å². The Morgan fingerprint density at radius 1 is 1.13 bits per heavy atom. The van der Waals surface area contributed by atoms with Gasteiger partial charge in [0.05, 0.1) is 24.2 Å². The number of hydrogen-bond acceptors (Lipinski definition) is 5. The molecular weight excluding hydrogens is 432 g/mol. The monoisotopic (exact) mass is 456 g/mol. The molecule has 0 unspecified atom stereocenters. The van der Waals surface area contributed by atoms with E-state index in [1.165, 1.54) is 11.3 Å². The summed E-state index contributed by atoms with van der Waals surface area (Å²) in [5.41, 5.74) is 3.10. The molecule has 5 nitrogen and oxygen atoms in total. The predicted octanol–water partition coefficient (Wildman–Crippen LogP) is 5.32. The predicted molar refractivity (Wildman–Crippen MR) is 125 cm³/mol. The highest BCUT2D eigenvalue weighted by molar-refractivity contribution is 7.13. The number of thiazole rings is 1. The fourth-order valence-corrected chi connectivity index (χ4v) is 4.17. The molecule has 0 spiro atoms. The molecule has 0 aliphatic carbocycles. The molecule has 0 aliphatic heterocycles. The fourth-order valence-electron chi connectivity index (χ4n) is 3.22. The number of aryl methyl sites for hydroxylation is 1. The van der Waals surface area contributed by atoms with Crippen molar-refractivity contribution in [3.8, 4) is 11.1 Å². The fraction of sp³-hybridized carbons (Fsp3) is 0.292. The lowest BCUT2D eigenvalue weighted by atomic mass is 9.99. The zero-order valence-corrected chi connectivity index (χ0v) is 19.1. The number of nitrogens with zero attached hydrogens (tertiary/aromatic N) is 1. The summed E-state index contributed by atoms with van der Waals surface area (Å²) >= 11 is 7.46. The molecule has 3 aromatic rings. The molecule has 7 heteroatoms. The van der Waals surface area contributed by atoms with Crippen molar-refractivity contribution in [2.45, 2.75) is 39.2 Å². The van der Waals surface area contributed by atoms with Crippen LogP contribution in [0.3, 0.4) is 0 Å². The highest BCUT2D eigenvalue weighted by Crippen LogP contribution is 2.23. The number of halogens is 1. The first-order chi connectivity index (χ1) is 15.0. The van der Waals surface area contributed by atoms with Crippen LogP contribution in [0.5, 0.6) is 0 Å². The van der Waals surface area contributed by atoms with Gasteiger partial charge >= 0.3 is 5.97 Å². The van der Waals surface area contributed by atoms with E-state index < -0.39 is 0 Å². The second kappa shape index (κ2) is 11.1. The third-order valence-electron chi connectivity index (χ3n) is 4.73. The van der Waals surface area contributed by atoms with Crippen molar-refractivity contribution in [2.75, 3.05) is 6.61 Å². The number of benzene rings is 2. The highest BCUT2D eigenvalue weighted by Gasteiger charge is 2.20. The molecule has 0 radical (unpaired) electrons. The first-order valence-electron chi connectivity index (χ1n) is 10.2. The molecule has 162 valence electrons. The molecule has 0 saturated heterocycles. The van der Waals surface area contributed by atoms with Crippen molar-refractivity contribution in [2.24, 2.45) is 0 Å². The summed E-state index contributed by atoms with van der Waals surface area (Å²) in [7, 11) is 0.